The molecule has 0 spiro atoms. The van der Waals surface area contributed by atoms with Crippen LogP contribution in [0.15, 0.2) is 11.4 Å². The van der Waals surface area contributed by atoms with Crippen LogP contribution < -0.4 is 10.6 Å². The van der Waals surface area contributed by atoms with Crippen molar-refractivity contribution in [3.05, 3.63) is 27.6 Å². The minimum absolute atomic E-state index is 0.373. The van der Waals surface area contributed by atoms with E-state index in [1.165, 1.54) is 10.4 Å². The van der Waals surface area contributed by atoms with Crippen molar-refractivity contribution in [2.75, 3.05) is 17.2 Å². The van der Waals surface area contributed by atoms with E-state index in [1.54, 1.807) is 0 Å². The number of aryl methyl sites for hydroxylation is 2. The van der Waals surface area contributed by atoms with E-state index in [-0.39, 0.29) is 0 Å². The smallest absolute Gasteiger partial charge is 0.150 e. The molecule has 1 aliphatic heterocycles. The number of nitrogens with zero attached hydrogens (tertiary/aromatic N) is 3. The van der Waals surface area contributed by atoms with Gasteiger partial charge < -0.3 is 10.6 Å². The molecule has 2 aromatic rings. The van der Waals surface area contributed by atoms with Crippen LogP contribution in [0.5, 0.6) is 0 Å². The summed E-state index contributed by atoms with van der Waals surface area (Å²) in [6.45, 7) is 5.36. The van der Waals surface area contributed by atoms with Crippen molar-refractivity contribution in [3.8, 4) is 0 Å². The Balaban J connectivity index is 2.02. The maximum atomic E-state index is 6.28. The SMILES string of the molecule is CCc1nn(C)c(N2CCc3sccc3C2C)c1N. The summed E-state index contributed by atoms with van der Waals surface area (Å²) in [5.74, 6) is 1.07. The third-order valence-corrected chi connectivity index (χ3v) is 5.01. The van der Waals surface area contributed by atoms with Crippen LogP contribution in [0.25, 0.3) is 0 Å². The number of anilines is 2. The molecular formula is C14H20N4S. The molecule has 3 heterocycles. The first-order chi connectivity index (χ1) is 9.13. The Hall–Kier alpha value is -1.49. The van der Waals surface area contributed by atoms with Crippen molar-refractivity contribution in [2.45, 2.75) is 32.7 Å². The van der Waals surface area contributed by atoms with Crippen LogP contribution in [0.3, 0.4) is 0 Å². The van der Waals surface area contributed by atoms with Crippen LogP contribution >= 0.6 is 11.3 Å². The third-order valence-electron chi connectivity index (χ3n) is 4.01. The first kappa shape index (κ1) is 12.5. The van der Waals surface area contributed by atoms with E-state index in [9.17, 15) is 0 Å². The molecule has 0 fully saturated rings. The number of rotatable bonds is 2. The molecule has 0 radical (unpaired) electrons. The van der Waals surface area contributed by atoms with Crippen LogP contribution in [-0.2, 0) is 19.9 Å². The van der Waals surface area contributed by atoms with Gasteiger partial charge in [-0.3, -0.25) is 4.68 Å². The molecular weight excluding hydrogens is 256 g/mol. The van der Waals surface area contributed by atoms with Gasteiger partial charge in [0.1, 0.15) is 0 Å². The largest absolute Gasteiger partial charge is 0.394 e. The molecule has 2 aromatic heterocycles. The van der Waals surface area contributed by atoms with E-state index in [0.717, 1.165) is 36.6 Å². The van der Waals surface area contributed by atoms with E-state index < -0.39 is 0 Å². The summed E-state index contributed by atoms with van der Waals surface area (Å²) in [6.07, 6.45) is 1.98. The van der Waals surface area contributed by atoms with Crippen molar-refractivity contribution in [3.63, 3.8) is 0 Å². The molecule has 0 saturated carbocycles. The predicted molar refractivity (Wildman–Crippen MR) is 80.8 cm³/mol. The van der Waals surface area contributed by atoms with Crippen molar-refractivity contribution >= 4 is 22.8 Å². The summed E-state index contributed by atoms with van der Waals surface area (Å²) in [5.41, 5.74) is 9.56. The van der Waals surface area contributed by atoms with E-state index in [0.29, 0.717) is 6.04 Å². The zero-order valence-electron chi connectivity index (χ0n) is 11.7. The zero-order chi connectivity index (χ0) is 13.6. The fourth-order valence-electron chi connectivity index (χ4n) is 2.99. The molecule has 2 N–H and O–H groups in total. The average molecular weight is 276 g/mol. The maximum Gasteiger partial charge on any atom is 0.150 e. The lowest BCUT2D eigenvalue weighted by atomic mass is 10.0. The van der Waals surface area contributed by atoms with Gasteiger partial charge in [0.25, 0.3) is 0 Å². The maximum absolute atomic E-state index is 6.28. The van der Waals surface area contributed by atoms with E-state index in [4.69, 9.17) is 5.73 Å². The fraction of sp³-hybridized carbons (Fsp3) is 0.500. The standard InChI is InChI=1S/C14H20N4S/c1-4-11-13(15)14(17(3)16-11)18-7-5-12-10(9(18)2)6-8-19-12/h6,8-9H,4-5,7,15H2,1-3H3. The van der Waals surface area contributed by atoms with E-state index in [1.807, 2.05) is 23.1 Å². The van der Waals surface area contributed by atoms with Gasteiger partial charge in [0.05, 0.1) is 17.4 Å². The molecule has 0 aliphatic carbocycles. The number of aromatic nitrogens is 2. The Kier molecular flexibility index (Phi) is 3.01. The number of fused-ring (bicyclic) bond motifs is 1. The highest BCUT2D eigenvalue weighted by Crippen LogP contribution is 2.38. The topological polar surface area (TPSA) is 47.1 Å². The molecule has 0 aromatic carbocycles. The lowest BCUT2D eigenvalue weighted by Gasteiger charge is -2.35. The molecule has 1 unspecified atom stereocenters. The molecule has 4 nitrogen and oxygen atoms in total. The van der Waals surface area contributed by atoms with Gasteiger partial charge in [-0.1, -0.05) is 6.92 Å². The van der Waals surface area contributed by atoms with Crippen LogP contribution in [0, 0.1) is 0 Å². The second-order valence-corrected chi connectivity index (χ2v) is 6.08. The van der Waals surface area contributed by atoms with Gasteiger partial charge in [0.2, 0.25) is 0 Å². The van der Waals surface area contributed by atoms with Crippen LogP contribution in [0.4, 0.5) is 11.5 Å². The zero-order valence-corrected chi connectivity index (χ0v) is 12.5. The molecule has 5 heteroatoms. The van der Waals surface area contributed by atoms with Crippen LogP contribution in [0.2, 0.25) is 0 Å². The van der Waals surface area contributed by atoms with Crippen molar-refractivity contribution in [2.24, 2.45) is 7.05 Å². The van der Waals surface area contributed by atoms with Crippen molar-refractivity contribution < 1.29 is 0 Å². The summed E-state index contributed by atoms with van der Waals surface area (Å²) in [6, 6.07) is 2.61. The number of hydrogen-bond donors (Lipinski definition) is 1. The highest BCUT2D eigenvalue weighted by Gasteiger charge is 2.29. The second kappa shape index (κ2) is 4.56. The molecule has 0 amide bonds. The first-order valence-electron chi connectivity index (χ1n) is 6.77. The Morgan fingerprint density at radius 2 is 2.32 bits per heavy atom. The Morgan fingerprint density at radius 3 is 3.00 bits per heavy atom. The summed E-state index contributed by atoms with van der Waals surface area (Å²) in [7, 11) is 1.99. The predicted octanol–water partition coefficient (Wildman–Crippen LogP) is 2.75. The molecule has 102 valence electrons. The Bertz CT molecular complexity index is 599. The third kappa shape index (κ3) is 1.84. The Morgan fingerprint density at radius 1 is 1.53 bits per heavy atom. The lowest BCUT2D eigenvalue weighted by Crippen LogP contribution is -2.34. The molecule has 19 heavy (non-hydrogen) atoms. The summed E-state index contributed by atoms with van der Waals surface area (Å²) >= 11 is 1.86. The number of thiophene rings is 1. The lowest BCUT2D eigenvalue weighted by molar-refractivity contribution is 0.599. The van der Waals surface area contributed by atoms with Crippen molar-refractivity contribution in [1.82, 2.24) is 9.78 Å². The molecule has 1 atom stereocenters. The van der Waals surface area contributed by atoms with Gasteiger partial charge in [-0.15, -0.1) is 11.3 Å². The van der Waals surface area contributed by atoms with Crippen molar-refractivity contribution in [1.29, 1.82) is 0 Å². The summed E-state index contributed by atoms with van der Waals surface area (Å²) < 4.78 is 1.93. The molecule has 3 rings (SSSR count). The van der Waals surface area contributed by atoms with Gasteiger partial charge in [-0.05, 0) is 36.8 Å². The Labute approximate surface area is 117 Å². The van der Waals surface area contributed by atoms with Gasteiger partial charge in [-0.25, -0.2) is 0 Å². The minimum atomic E-state index is 0.373. The number of nitrogens with two attached hydrogens (primary N) is 1. The molecule has 0 saturated heterocycles. The van der Waals surface area contributed by atoms with Crippen LogP contribution in [0.1, 0.15) is 36.0 Å². The van der Waals surface area contributed by atoms with Crippen LogP contribution in [-0.4, -0.2) is 16.3 Å². The highest BCUT2D eigenvalue weighted by molar-refractivity contribution is 7.10. The van der Waals surface area contributed by atoms with Gasteiger partial charge in [-0.2, -0.15) is 5.10 Å². The quantitative estimate of drug-likeness (QED) is 0.917. The van der Waals surface area contributed by atoms with E-state index >= 15 is 0 Å². The second-order valence-electron chi connectivity index (χ2n) is 5.08. The fourth-order valence-corrected chi connectivity index (χ4v) is 3.95. The van der Waals surface area contributed by atoms with Gasteiger partial charge in [0.15, 0.2) is 5.82 Å². The summed E-state index contributed by atoms with van der Waals surface area (Å²) in [4.78, 5) is 3.90. The monoisotopic (exact) mass is 276 g/mol. The van der Waals surface area contributed by atoms with Gasteiger partial charge in [0, 0.05) is 18.5 Å². The highest BCUT2D eigenvalue weighted by atomic mass is 32.1. The average Bonchev–Trinajstić information content (AvgIpc) is 2.97. The van der Waals surface area contributed by atoms with Gasteiger partial charge >= 0.3 is 0 Å². The first-order valence-corrected chi connectivity index (χ1v) is 7.65. The number of nitrogen functional groups attached to an aromatic ring is 1. The molecule has 0 bridgehead atoms. The summed E-state index contributed by atoms with van der Waals surface area (Å²) in [5, 5.41) is 6.72. The normalized spacial score (nSPS) is 18.7. The molecule has 1 aliphatic rings. The number of hydrogen-bond acceptors (Lipinski definition) is 4. The minimum Gasteiger partial charge on any atom is -0.394 e. The van der Waals surface area contributed by atoms with E-state index in [2.05, 4.69) is 35.3 Å².